The van der Waals surface area contributed by atoms with Crippen molar-refractivity contribution >= 4 is 50.7 Å². The van der Waals surface area contributed by atoms with E-state index in [1.807, 2.05) is 13.8 Å². The second-order valence-corrected chi connectivity index (χ2v) is 13.5. The van der Waals surface area contributed by atoms with Crippen LogP contribution in [0.4, 0.5) is 10.1 Å². The summed E-state index contributed by atoms with van der Waals surface area (Å²) in [6, 6.07) is 15.2. The molecule has 0 heterocycles. The number of nitrogens with zero attached hydrogens (tertiary/aromatic N) is 2. The Balaban J connectivity index is 1.72. The summed E-state index contributed by atoms with van der Waals surface area (Å²) in [5.74, 6) is -1.48. The van der Waals surface area contributed by atoms with Crippen molar-refractivity contribution in [3.63, 3.8) is 0 Å². The molecule has 1 N–H and O–H groups in total. The van der Waals surface area contributed by atoms with Crippen LogP contribution in [0.25, 0.3) is 0 Å². The summed E-state index contributed by atoms with van der Waals surface area (Å²) in [6.07, 6.45) is 5.22. The summed E-state index contributed by atoms with van der Waals surface area (Å²) < 4.78 is 42.4. The molecule has 0 bridgehead atoms. The Morgan fingerprint density at radius 1 is 0.977 bits per heavy atom. The Kier molecular flexibility index (Phi) is 11.1. The molecule has 1 fully saturated rings. The van der Waals surface area contributed by atoms with Crippen LogP contribution in [0.5, 0.6) is 0 Å². The van der Waals surface area contributed by atoms with Gasteiger partial charge in [0.1, 0.15) is 18.4 Å². The molecule has 1 aliphatic carbocycles. The number of anilines is 1. The van der Waals surface area contributed by atoms with Gasteiger partial charge in [-0.15, -0.1) is 0 Å². The summed E-state index contributed by atoms with van der Waals surface area (Å²) >= 11 is 12.6. The van der Waals surface area contributed by atoms with Gasteiger partial charge in [-0.1, -0.05) is 73.2 Å². The average Bonchev–Trinajstić information content (AvgIpc) is 2.98. The molecule has 4 rings (SSSR count). The molecule has 11 heteroatoms. The number of hydrogen-bond donors (Lipinski definition) is 1. The molecular formula is C32H36Cl2FN3O4S. The van der Waals surface area contributed by atoms with Crippen molar-refractivity contribution in [2.45, 2.75) is 75.9 Å². The van der Waals surface area contributed by atoms with E-state index < -0.39 is 34.3 Å². The van der Waals surface area contributed by atoms with Crippen molar-refractivity contribution in [1.82, 2.24) is 10.2 Å². The van der Waals surface area contributed by atoms with Crippen LogP contribution in [0.1, 0.15) is 56.6 Å². The van der Waals surface area contributed by atoms with Gasteiger partial charge in [0.25, 0.3) is 10.0 Å². The number of amides is 2. The Hall–Kier alpha value is -3.14. The van der Waals surface area contributed by atoms with Gasteiger partial charge in [0.15, 0.2) is 0 Å². The van der Waals surface area contributed by atoms with Gasteiger partial charge in [0.2, 0.25) is 11.8 Å². The molecule has 3 aromatic rings. The minimum absolute atomic E-state index is 0.0225. The van der Waals surface area contributed by atoms with E-state index in [-0.39, 0.29) is 29.1 Å². The molecule has 0 aliphatic heterocycles. The SMILES string of the molecule is CC[C@H](C(=O)NC1CCCCC1)N(Cc1ccc(Cl)cc1Cl)C(=O)CN(c1ccc(C)cc1)S(=O)(=O)c1ccc(F)cc1. The number of sulfonamides is 1. The van der Waals surface area contributed by atoms with Gasteiger partial charge in [-0.3, -0.25) is 13.9 Å². The van der Waals surface area contributed by atoms with Crippen molar-refractivity contribution in [2.75, 3.05) is 10.8 Å². The third-order valence-electron chi connectivity index (χ3n) is 7.70. The fourth-order valence-corrected chi connectivity index (χ4v) is 7.15. The van der Waals surface area contributed by atoms with Crippen LogP contribution in [0, 0.1) is 12.7 Å². The standard InChI is InChI=1S/C32H36Cl2FN3O4S/c1-3-30(32(40)36-26-7-5-4-6-8-26)37(20-23-11-12-24(33)19-29(23)34)31(39)21-38(27-15-9-22(2)10-16-27)43(41,42)28-17-13-25(35)14-18-28/h9-19,26,30H,3-8,20-21H2,1-2H3,(H,36,40)/t30-/m1/s1. The maximum atomic E-state index is 14.2. The molecule has 0 aromatic heterocycles. The van der Waals surface area contributed by atoms with Crippen molar-refractivity contribution in [1.29, 1.82) is 0 Å². The summed E-state index contributed by atoms with van der Waals surface area (Å²) in [6.45, 7) is 3.04. The van der Waals surface area contributed by atoms with E-state index in [0.717, 1.165) is 66.2 Å². The molecule has 2 amide bonds. The normalized spacial score (nSPS) is 14.6. The predicted octanol–water partition coefficient (Wildman–Crippen LogP) is 6.89. The fraction of sp³-hybridized carbons (Fsp3) is 0.375. The highest BCUT2D eigenvalue weighted by molar-refractivity contribution is 7.92. The maximum Gasteiger partial charge on any atom is 0.264 e. The smallest absolute Gasteiger partial charge is 0.264 e. The van der Waals surface area contributed by atoms with E-state index in [1.54, 1.807) is 42.5 Å². The highest BCUT2D eigenvalue weighted by Crippen LogP contribution is 2.27. The van der Waals surface area contributed by atoms with Crippen LogP contribution >= 0.6 is 23.2 Å². The quantitative estimate of drug-likeness (QED) is 0.245. The monoisotopic (exact) mass is 647 g/mol. The number of aryl methyl sites for hydroxylation is 1. The summed E-state index contributed by atoms with van der Waals surface area (Å²) in [7, 11) is -4.30. The topological polar surface area (TPSA) is 86.8 Å². The fourth-order valence-electron chi connectivity index (χ4n) is 5.27. The third-order valence-corrected chi connectivity index (χ3v) is 10.1. The number of benzene rings is 3. The van der Waals surface area contributed by atoms with Gasteiger partial charge in [-0.2, -0.15) is 0 Å². The summed E-state index contributed by atoms with van der Waals surface area (Å²) in [5.41, 5.74) is 1.72. The van der Waals surface area contributed by atoms with Gasteiger partial charge in [-0.05, 0) is 80.3 Å². The van der Waals surface area contributed by atoms with Crippen molar-refractivity contribution in [2.24, 2.45) is 0 Å². The molecule has 0 radical (unpaired) electrons. The van der Waals surface area contributed by atoms with Crippen molar-refractivity contribution in [3.05, 3.63) is 93.7 Å². The minimum atomic E-state index is -4.30. The Bertz CT molecular complexity index is 1530. The van der Waals surface area contributed by atoms with Crippen molar-refractivity contribution < 1.29 is 22.4 Å². The van der Waals surface area contributed by atoms with Crippen LogP contribution < -0.4 is 9.62 Å². The summed E-state index contributed by atoms with van der Waals surface area (Å²) in [4.78, 5) is 29.1. The Morgan fingerprint density at radius 2 is 1.63 bits per heavy atom. The molecule has 0 spiro atoms. The molecule has 1 aliphatic rings. The van der Waals surface area contributed by atoms with E-state index in [9.17, 15) is 22.4 Å². The molecular weight excluding hydrogens is 612 g/mol. The lowest BCUT2D eigenvalue weighted by atomic mass is 9.95. The van der Waals surface area contributed by atoms with Crippen LogP contribution in [0.3, 0.4) is 0 Å². The molecule has 1 saturated carbocycles. The summed E-state index contributed by atoms with van der Waals surface area (Å²) in [5, 5.41) is 3.86. The van der Waals surface area contributed by atoms with Gasteiger partial charge in [-0.25, -0.2) is 12.8 Å². The predicted molar refractivity (Wildman–Crippen MR) is 168 cm³/mol. The molecule has 230 valence electrons. The lowest BCUT2D eigenvalue weighted by molar-refractivity contribution is -0.140. The molecule has 1 atom stereocenters. The van der Waals surface area contributed by atoms with E-state index in [0.29, 0.717) is 22.0 Å². The molecule has 7 nitrogen and oxygen atoms in total. The average molecular weight is 649 g/mol. The third kappa shape index (κ3) is 8.28. The van der Waals surface area contributed by atoms with Crippen LogP contribution in [0.15, 0.2) is 71.6 Å². The van der Waals surface area contributed by atoms with E-state index in [2.05, 4.69) is 5.32 Å². The van der Waals surface area contributed by atoms with Crippen molar-refractivity contribution in [3.8, 4) is 0 Å². The molecule has 0 saturated heterocycles. The Morgan fingerprint density at radius 3 is 2.23 bits per heavy atom. The number of carbonyl (C=O) groups excluding carboxylic acids is 2. The largest absolute Gasteiger partial charge is 0.352 e. The van der Waals surface area contributed by atoms with Gasteiger partial charge >= 0.3 is 0 Å². The minimum Gasteiger partial charge on any atom is -0.352 e. The molecule has 0 unspecified atom stereocenters. The van der Waals surface area contributed by atoms with Gasteiger partial charge in [0, 0.05) is 22.6 Å². The zero-order valence-corrected chi connectivity index (χ0v) is 26.6. The first-order chi connectivity index (χ1) is 20.5. The molecule has 3 aromatic carbocycles. The lowest BCUT2D eigenvalue weighted by Gasteiger charge is -2.34. The first kappa shape index (κ1) is 32.8. The second kappa shape index (κ2) is 14.6. The zero-order chi connectivity index (χ0) is 31.1. The highest BCUT2D eigenvalue weighted by atomic mass is 35.5. The second-order valence-electron chi connectivity index (χ2n) is 10.8. The number of nitrogens with one attached hydrogen (secondary N) is 1. The Labute approximate surface area is 263 Å². The van der Waals surface area contributed by atoms with E-state index >= 15 is 0 Å². The first-order valence-corrected chi connectivity index (χ1v) is 16.6. The number of carbonyl (C=O) groups is 2. The van der Waals surface area contributed by atoms with Crippen LogP contribution in [-0.4, -0.2) is 43.8 Å². The van der Waals surface area contributed by atoms with Gasteiger partial charge < -0.3 is 10.2 Å². The number of hydrogen-bond acceptors (Lipinski definition) is 4. The maximum absolute atomic E-state index is 14.2. The van der Waals surface area contributed by atoms with Crippen LogP contribution in [-0.2, 0) is 26.2 Å². The number of rotatable bonds is 11. The van der Waals surface area contributed by atoms with Gasteiger partial charge in [0.05, 0.1) is 10.6 Å². The van der Waals surface area contributed by atoms with E-state index in [1.165, 1.54) is 4.90 Å². The first-order valence-electron chi connectivity index (χ1n) is 14.4. The lowest BCUT2D eigenvalue weighted by Crippen LogP contribution is -2.54. The zero-order valence-electron chi connectivity index (χ0n) is 24.2. The highest BCUT2D eigenvalue weighted by Gasteiger charge is 2.34. The van der Waals surface area contributed by atoms with E-state index in [4.69, 9.17) is 23.2 Å². The van der Waals surface area contributed by atoms with Crippen LogP contribution in [0.2, 0.25) is 10.0 Å². The molecule has 43 heavy (non-hydrogen) atoms. The number of halogens is 3.